The minimum Gasteiger partial charge on any atom is -0.472 e. The van der Waals surface area contributed by atoms with Gasteiger partial charge < -0.3 is 8.94 Å². The molecular weight excluding hydrogens is 356 g/mol. The van der Waals surface area contributed by atoms with Gasteiger partial charge in [-0.3, -0.25) is 10.00 Å². The van der Waals surface area contributed by atoms with Crippen LogP contribution in [-0.2, 0) is 6.54 Å². The van der Waals surface area contributed by atoms with Crippen molar-refractivity contribution in [1.29, 1.82) is 0 Å². The van der Waals surface area contributed by atoms with Crippen molar-refractivity contribution >= 4 is 0 Å². The molecule has 1 saturated heterocycles. The summed E-state index contributed by atoms with van der Waals surface area (Å²) < 4.78 is 10.4. The van der Waals surface area contributed by atoms with Crippen molar-refractivity contribution in [1.82, 2.24) is 30.2 Å². The maximum absolute atomic E-state index is 5.36. The van der Waals surface area contributed by atoms with E-state index < -0.39 is 0 Å². The van der Waals surface area contributed by atoms with Crippen LogP contribution in [0.5, 0.6) is 0 Å². The molecule has 2 fully saturated rings. The van der Waals surface area contributed by atoms with Crippen LogP contribution < -0.4 is 0 Å². The zero-order chi connectivity index (χ0) is 18.8. The van der Waals surface area contributed by atoms with E-state index in [0.29, 0.717) is 30.1 Å². The minimum absolute atomic E-state index is 0.364. The molecule has 0 bridgehead atoms. The molecule has 1 saturated carbocycles. The van der Waals surface area contributed by atoms with Crippen LogP contribution in [0.2, 0.25) is 0 Å². The summed E-state index contributed by atoms with van der Waals surface area (Å²) in [6.07, 6.45) is 11.9. The lowest BCUT2D eigenvalue weighted by Crippen LogP contribution is -2.34. The van der Waals surface area contributed by atoms with Crippen molar-refractivity contribution < 1.29 is 8.94 Å². The molecule has 1 atom stereocenters. The second kappa shape index (κ2) is 7.87. The molecule has 8 nitrogen and oxygen atoms in total. The number of aromatic amines is 1. The highest BCUT2D eigenvalue weighted by molar-refractivity contribution is 5.49. The Balaban J connectivity index is 1.22. The summed E-state index contributed by atoms with van der Waals surface area (Å²) in [5.74, 6) is 4.20. The Morgan fingerprint density at radius 2 is 1.96 bits per heavy atom. The Labute approximate surface area is 163 Å². The molecule has 5 rings (SSSR count). The van der Waals surface area contributed by atoms with Crippen LogP contribution in [-0.4, -0.2) is 43.3 Å². The van der Waals surface area contributed by atoms with E-state index in [0.717, 1.165) is 43.1 Å². The van der Waals surface area contributed by atoms with Crippen LogP contribution in [0.4, 0.5) is 0 Å². The Kier molecular flexibility index (Phi) is 4.95. The highest BCUT2D eigenvalue weighted by atomic mass is 16.5. The highest BCUT2D eigenvalue weighted by Gasteiger charge is 2.27. The van der Waals surface area contributed by atoms with E-state index in [9.17, 15) is 0 Å². The van der Waals surface area contributed by atoms with Gasteiger partial charge in [-0.2, -0.15) is 10.1 Å². The van der Waals surface area contributed by atoms with Gasteiger partial charge in [0.15, 0.2) is 11.6 Å². The summed E-state index contributed by atoms with van der Waals surface area (Å²) >= 11 is 0. The molecule has 8 heteroatoms. The van der Waals surface area contributed by atoms with Crippen LogP contribution >= 0.6 is 0 Å². The summed E-state index contributed by atoms with van der Waals surface area (Å²) in [7, 11) is 0. The quantitative estimate of drug-likeness (QED) is 0.715. The predicted octanol–water partition coefficient (Wildman–Crippen LogP) is 3.88. The number of furan rings is 1. The Bertz CT molecular complexity index is 880. The molecule has 4 heterocycles. The highest BCUT2D eigenvalue weighted by Crippen LogP contribution is 2.32. The molecule has 148 valence electrons. The van der Waals surface area contributed by atoms with E-state index >= 15 is 0 Å². The van der Waals surface area contributed by atoms with E-state index in [1.54, 1.807) is 12.5 Å². The van der Waals surface area contributed by atoms with Crippen LogP contribution in [0, 0.1) is 0 Å². The number of H-pyrrole nitrogens is 1. The molecule has 28 heavy (non-hydrogen) atoms. The van der Waals surface area contributed by atoms with E-state index in [2.05, 4.69) is 25.2 Å². The molecular formula is C20H26N6O2. The average Bonchev–Trinajstić information content (AvgIpc) is 3.50. The standard InChI is InChI=1S/C20H26N6O2/c1-2-5-14(6-3-1)18-22-19(24-23-18)15-7-4-9-26(11-15)12-17-21-20(28-25-17)16-8-10-27-13-16/h8,10,13-15H,1-7,9,11-12H2,(H,22,23,24)/t15-/m0/s1. The van der Waals surface area contributed by atoms with Gasteiger partial charge in [-0.05, 0) is 38.3 Å². The molecule has 0 spiro atoms. The number of nitrogens with zero attached hydrogens (tertiary/aromatic N) is 5. The van der Waals surface area contributed by atoms with E-state index in [1.165, 1.54) is 32.1 Å². The number of hydrogen-bond donors (Lipinski definition) is 1. The van der Waals surface area contributed by atoms with Crippen LogP contribution in [0.1, 0.15) is 74.3 Å². The van der Waals surface area contributed by atoms with Crippen LogP contribution in [0.25, 0.3) is 11.5 Å². The number of nitrogens with one attached hydrogen (secondary N) is 1. The summed E-state index contributed by atoms with van der Waals surface area (Å²) in [5.41, 5.74) is 0.811. The van der Waals surface area contributed by atoms with Gasteiger partial charge in [-0.1, -0.05) is 24.4 Å². The van der Waals surface area contributed by atoms with Gasteiger partial charge in [0.1, 0.15) is 12.1 Å². The molecule has 0 unspecified atom stereocenters. The van der Waals surface area contributed by atoms with E-state index in [1.807, 2.05) is 6.07 Å². The maximum Gasteiger partial charge on any atom is 0.261 e. The molecule has 0 aromatic carbocycles. The second-order valence-electron chi connectivity index (χ2n) is 8.02. The predicted molar refractivity (Wildman–Crippen MR) is 101 cm³/mol. The Morgan fingerprint density at radius 3 is 2.82 bits per heavy atom. The zero-order valence-electron chi connectivity index (χ0n) is 16.0. The largest absolute Gasteiger partial charge is 0.472 e. The topological polar surface area (TPSA) is 96.9 Å². The summed E-state index contributed by atoms with van der Waals surface area (Å²) in [4.78, 5) is 11.7. The maximum atomic E-state index is 5.36. The van der Waals surface area contributed by atoms with Gasteiger partial charge in [0.25, 0.3) is 5.89 Å². The smallest absolute Gasteiger partial charge is 0.261 e. The van der Waals surface area contributed by atoms with Crippen molar-refractivity contribution in [3.05, 3.63) is 36.1 Å². The number of likely N-dealkylation sites (tertiary alicyclic amines) is 1. The molecule has 0 radical (unpaired) electrons. The Hall–Kier alpha value is -2.48. The first-order chi connectivity index (χ1) is 13.8. The molecule has 1 aliphatic heterocycles. The van der Waals surface area contributed by atoms with Crippen molar-refractivity contribution in [3.63, 3.8) is 0 Å². The summed E-state index contributed by atoms with van der Waals surface area (Å²) in [5, 5.41) is 11.9. The lowest BCUT2D eigenvalue weighted by molar-refractivity contribution is 0.190. The average molecular weight is 382 g/mol. The molecule has 1 aliphatic carbocycles. The van der Waals surface area contributed by atoms with Crippen molar-refractivity contribution in [3.8, 4) is 11.5 Å². The van der Waals surface area contributed by atoms with Crippen LogP contribution in [0.15, 0.2) is 27.5 Å². The van der Waals surface area contributed by atoms with Gasteiger partial charge in [0.2, 0.25) is 0 Å². The molecule has 3 aromatic rings. The number of aromatic nitrogens is 5. The number of rotatable bonds is 5. The molecule has 0 amide bonds. The second-order valence-corrected chi connectivity index (χ2v) is 8.02. The first-order valence-electron chi connectivity index (χ1n) is 10.3. The van der Waals surface area contributed by atoms with E-state index in [4.69, 9.17) is 13.9 Å². The fraction of sp³-hybridized carbons (Fsp3) is 0.600. The van der Waals surface area contributed by atoms with Crippen molar-refractivity contribution in [2.24, 2.45) is 0 Å². The van der Waals surface area contributed by atoms with Crippen LogP contribution in [0.3, 0.4) is 0 Å². The lowest BCUT2D eigenvalue weighted by atomic mass is 9.89. The first kappa shape index (κ1) is 17.6. The normalized spacial score (nSPS) is 21.9. The monoisotopic (exact) mass is 382 g/mol. The van der Waals surface area contributed by atoms with Gasteiger partial charge in [0.05, 0.1) is 18.4 Å². The third-order valence-electron chi connectivity index (χ3n) is 5.98. The Morgan fingerprint density at radius 1 is 1.07 bits per heavy atom. The third-order valence-corrected chi connectivity index (χ3v) is 5.98. The fourth-order valence-electron chi connectivity index (χ4n) is 4.46. The van der Waals surface area contributed by atoms with E-state index in [-0.39, 0.29) is 0 Å². The molecule has 2 aliphatic rings. The van der Waals surface area contributed by atoms with Gasteiger partial charge in [-0.15, -0.1) is 0 Å². The van der Waals surface area contributed by atoms with Crippen molar-refractivity contribution in [2.75, 3.05) is 13.1 Å². The summed E-state index contributed by atoms with van der Waals surface area (Å²) in [6, 6.07) is 1.82. The number of hydrogen-bond acceptors (Lipinski definition) is 7. The van der Waals surface area contributed by atoms with Crippen molar-refractivity contribution in [2.45, 2.75) is 63.3 Å². The SMILES string of the molecule is c1cc(-c2nc(CN3CCC[C@H](c4n[nH]c(C5CCCCC5)n4)C3)no2)co1. The fourth-order valence-corrected chi connectivity index (χ4v) is 4.46. The van der Waals surface area contributed by atoms with Gasteiger partial charge >= 0.3 is 0 Å². The van der Waals surface area contributed by atoms with Gasteiger partial charge in [-0.25, -0.2) is 4.98 Å². The first-order valence-corrected chi connectivity index (χ1v) is 10.3. The molecule has 1 N–H and O–H groups in total. The number of piperidine rings is 1. The third kappa shape index (κ3) is 3.73. The zero-order valence-corrected chi connectivity index (χ0v) is 16.0. The minimum atomic E-state index is 0.364. The molecule has 3 aromatic heterocycles. The summed E-state index contributed by atoms with van der Waals surface area (Å²) in [6.45, 7) is 2.64. The lowest BCUT2D eigenvalue weighted by Gasteiger charge is -2.30. The van der Waals surface area contributed by atoms with Gasteiger partial charge in [0, 0.05) is 18.4 Å².